The number of anilines is 2. The third-order valence-electron chi connectivity index (χ3n) is 6.31. The molecule has 9 nitrogen and oxygen atoms in total. The van der Waals surface area contributed by atoms with Gasteiger partial charge in [0.2, 0.25) is 0 Å². The van der Waals surface area contributed by atoms with Gasteiger partial charge in [-0.2, -0.15) is 4.98 Å². The molecule has 1 aliphatic rings. The molecule has 1 atom stereocenters. The Labute approximate surface area is 197 Å². The van der Waals surface area contributed by atoms with Crippen LogP contribution in [0.25, 0.3) is 5.65 Å². The summed E-state index contributed by atoms with van der Waals surface area (Å²) < 4.78 is 15.2. The van der Waals surface area contributed by atoms with E-state index in [1.807, 2.05) is 6.20 Å². The fourth-order valence-electron chi connectivity index (χ4n) is 4.49. The van der Waals surface area contributed by atoms with Gasteiger partial charge < -0.3 is 20.3 Å². The number of fused-ring (bicyclic) bond motifs is 1. The van der Waals surface area contributed by atoms with Gasteiger partial charge in [-0.15, -0.1) is 5.10 Å². The van der Waals surface area contributed by atoms with E-state index in [-0.39, 0.29) is 24.8 Å². The van der Waals surface area contributed by atoms with E-state index in [1.54, 1.807) is 10.7 Å². The van der Waals surface area contributed by atoms with Crippen molar-refractivity contribution in [3.05, 3.63) is 35.3 Å². The molecule has 9 heteroatoms. The van der Waals surface area contributed by atoms with Gasteiger partial charge in [0.1, 0.15) is 5.82 Å². The van der Waals surface area contributed by atoms with Crippen molar-refractivity contribution in [2.45, 2.75) is 65.0 Å². The van der Waals surface area contributed by atoms with Crippen molar-refractivity contribution in [2.24, 2.45) is 0 Å². The summed E-state index contributed by atoms with van der Waals surface area (Å²) in [7, 11) is 4.32. The molecular formula is C24H36N8O. The van der Waals surface area contributed by atoms with Gasteiger partial charge in [-0.05, 0) is 58.3 Å². The summed E-state index contributed by atoms with van der Waals surface area (Å²) >= 11 is 0. The van der Waals surface area contributed by atoms with E-state index in [1.165, 1.54) is 5.56 Å². The zero-order chi connectivity index (χ0) is 24.2. The molecule has 4 heterocycles. The molecule has 3 aromatic heterocycles. The number of nitrogens with two attached hydrogens (primary N) is 1. The van der Waals surface area contributed by atoms with Crippen LogP contribution in [0.2, 0.25) is 0 Å². The third-order valence-corrected chi connectivity index (χ3v) is 6.31. The van der Waals surface area contributed by atoms with Crippen LogP contribution in [0.15, 0.2) is 18.5 Å². The summed E-state index contributed by atoms with van der Waals surface area (Å²) in [6.07, 6.45) is 8.08. The molecule has 0 bridgehead atoms. The Bertz CT molecular complexity index is 1110. The molecule has 0 aromatic carbocycles. The number of hydrogen-bond acceptors (Lipinski definition) is 8. The first-order valence-electron chi connectivity index (χ1n) is 12.4. The van der Waals surface area contributed by atoms with Gasteiger partial charge in [0.05, 0.1) is 18.0 Å². The van der Waals surface area contributed by atoms with Gasteiger partial charge >= 0.3 is 6.01 Å². The highest BCUT2D eigenvalue weighted by Crippen LogP contribution is 2.25. The van der Waals surface area contributed by atoms with Crippen LogP contribution in [0, 0.1) is 6.92 Å². The number of aryl methyl sites for hydroxylation is 1. The van der Waals surface area contributed by atoms with Gasteiger partial charge in [0, 0.05) is 33.1 Å². The summed E-state index contributed by atoms with van der Waals surface area (Å²) in [5.41, 5.74) is 9.77. The molecule has 178 valence electrons. The van der Waals surface area contributed by atoms with Gasteiger partial charge in [0.15, 0.2) is 11.5 Å². The van der Waals surface area contributed by atoms with Crippen molar-refractivity contribution in [1.29, 1.82) is 0 Å². The second-order valence-electron chi connectivity index (χ2n) is 9.14. The monoisotopic (exact) mass is 453 g/mol. The lowest BCUT2D eigenvalue weighted by Gasteiger charge is -2.36. The van der Waals surface area contributed by atoms with E-state index in [0.717, 1.165) is 55.8 Å². The smallest absolute Gasteiger partial charge is 0.336 e. The molecular weight excluding hydrogens is 416 g/mol. The fourth-order valence-corrected chi connectivity index (χ4v) is 4.49. The molecule has 0 unspecified atom stereocenters. The van der Waals surface area contributed by atoms with E-state index in [2.05, 4.69) is 58.9 Å². The molecule has 0 aliphatic carbocycles. The average molecular weight is 454 g/mol. The third kappa shape index (κ3) is 5.19. The maximum absolute atomic E-state index is 7.69. The SMILES string of the molecule is [2H]C[C@@H](CCC)Oc1nc(N)c2ncc(Cc3cnc(N4CCC(N(C)C)CC4)c(C)c3)n2n1. The van der Waals surface area contributed by atoms with Crippen LogP contribution in [-0.4, -0.2) is 68.8 Å². The second kappa shape index (κ2) is 9.91. The quantitative estimate of drug-likeness (QED) is 0.556. The largest absolute Gasteiger partial charge is 0.459 e. The molecule has 1 saturated heterocycles. The summed E-state index contributed by atoms with van der Waals surface area (Å²) in [5.74, 6) is 1.33. The first-order chi connectivity index (χ1) is 16.4. The number of hydrogen-bond donors (Lipinski definition) is 1. The highest BCUT2D eigenvalue weighted by molar-refractivity contribution is 5.60. The molecule has 1 fully saturated rings. The average Bonchev–Trinajstić information content (AvgIpc) is 3.22. The molecule has 33 heavy (non-hydrogen) atoms. The summed E-state index contributed by atoms with van der Waals surface area (Å²) in [6, 6.07) is 3.02. The molecule has 1 aliphatic heterocycles. The lowest BCUT2D eigenvalue weighted by molar-refractivity contribution is 0.189. The van der Waals surface area contributed by atoms with E-state index in [4.69, 9.17) is 16.8 Å². The highest BCUT2D eigenvalue weighted by atomic mass is 16.5. The number of rotatable bonds is 8. The number of imidazole rings is 1. The lowest BCUT2D eigenvalue weighted by Crippen LogP contribution is -2.42. The Morgan fingerprint density at radius 1 is 1.27 bits per heavy atom. The summed E-state index contributed by atoms with van der Waals surface area (Å²) in [6.45, 7) is 6.39. The Balaban J connectivity index is 1.51. The molecule has 0 spiro atoms. The van der Waals surface area contributed by atoms with Crippen LogP contribution in [0.5, 0.6) is 6.01 Å². The van der Waals surface area contributed by atoms with Crippen molar-refractivity contribution in [3.8, 4) is 6.01 Å². The highest BCUT2D eigenvalue weighted by Gasteiger charge is 2.22. The number of aromatic nitrogens is 5. The van der Waals surface area contributed by atoms with Crippen molar-refractivity contribution in [1.82, 2.24) is 29.5 Å². The van der Waals surface area contributed by atoms with Crippen LogP contribution in [0.3, 0.4) is 0 Å². The Hall–Kier alpha value is -2.94. The van der Waals surface area contributed by atoms with Gasteiger partial charge in [-0.3, -0.25) is 0 Å². The minimum atomic E-state index is -0.254. The maximum atomic E-state index is 7.69. The minimum absolute atomic E-state index is 0.149. The molecule has 0 radical (unpaired) electrons. The topological polar surface area (TPSA) is 97.7 Å². The molecule has 4 rings (SSSR count). The normalized spacial score (nSPS) is 16.4. The number of piperidine rings is 1. The van der Waals surface area contributed by atoms with E-state index in [9.17, 15) is 0 Å². The van der Waals surface area contributed by atoms with Crippen molar-refractivity contribution >= 4 is 17.3 Å². The van der Waals surface area contributed by atoms with Gasteiger partial charge in [-0.25, -0.2) is 14.5 Å². The van der Waals surface area contributed by atoms with E-state index >= 15 is 0 Å². The summed E-state index contributed by atoms with van der Waals surface area (Å²) in [4.78, 5) is 18.2. The second-order valence-corrected chi connectivity index (χ2v) is 9.14. The Morgan fingerprint density at radius 3 is 2.73 bits per heavy atom. The Kier molecular flexibility index (Phi) is 6.57. The molecule has 3 aromatic rings. The fraction of sp³-hybridized carbons (Fsp3) is 0.583. The summed E-state index contributed by atoms with van der Waals surface area (Å²) in [5, 5.41) is 4.52. The first-order valence-corrected chi connectivity index (χ1v) is 11.7. The molecule has 0 amide bonds. The van der Waals surface area contributed by atoms with Crippen molar-refractivity contribution in [2.75, 3.05) is 37.8 Å². The Morgan fingerprint density at radius 2 is 2.06 bits per heavy atom. The van der Waals surface area contributed by atoms with E-state index < -0.39 is 0 Å². The van der Waals surface area contributed by atoms with Crippen LogP contribution in [0.1, 0.15) is 57.7 Å². The predicted molar refractivity (Wildman–Crippen MR) is 131 cm³/mol. The van der Waals surface area contributed by atoms with Crippen molar-refractivity contribution < 1.29 is 6.11 Å². The van der Waals surface area contributed by atoms with Crippen LogP contribution >= 0.6 is 0 Å². The number of ether oxygens (including phenoxy) is 1. The van der Waals surface area contributed by atoms with Crippen LogP contribution < -0.4 is 15.4 Å². The minimum Gasteiger partial charge on any atom is -0.459 e. The van der Waals surface area contributed by atoms with Crippen LogP contribution in [-0.2, 0) is 6.42 Å². The maximum Gasteiger partial charge on any atom is 0.336 e. The lowest BCUT2D eigenvalue weighted by atomic mass is 10.0. The van der Waals surface area contributed by atoms with Crippen molar-refractivity contribution in [3.63, 3.8) is 0 Å². The first kappa shape index (κ1) is 21.9. The zero-order valence-electron chi connectivity index (χ0n) is 21.2. The predicted octanol–water partition coefficient (Wildman–Crippen LogP) is 3.10. The molecule has 0 saturated carbocycles. The molecule has 2 N–H and O–H groups in total. The number of nitrogen functional groups attached to an aromatic ring is 1. The standard InChI is InChI=1S/C24H36N8O/c1-6-7-17(3)33-24-28-21(25)23-27-15-20(32(23)29-24)13-18-12-16(2)22(26-14-18)31-10-8-19(9-11-31)30(4)5/h12,14-15,17,19H,6-11,13H2,1-5H3,(H2,25,28,29)/t17-/m0/s1/i3D. The van der Waals surface area contributed by atoms with Crippen LogP contribution in [0.4, 0.5) is 11.6 Å². The number of nitrogens with zero attached hydrogens (tertiary/aromatic N) is 7. The van der Waals surface area contributed by atoms with Gasteiger partial charge in [0.25, 0.3) is 0 Å². The van der Waals surface area contributed by atoms with E-state index in [0.29, 0.717) is 18.1 Å². The zero-order valence-corrected chi connectivity index (χ0v) is 20.2. The van der Waals surface area contributed by atoms with Gasteiger partial charge in [-0.1, -0.05) is 19.4 Å². The number of pyridine rings is 1.